The fraction of sp³-hybridized carbons (Fsp3) is 0.440. The number of ether oxygens (including phenoxy) is 1. The van der Waals surface area contributed by atoms with E-state index in [1.807, 2.05) is 13.0 Å². The van der Waals surface area contributed by atoms with Crippen LogP contribution in [0.25, 0.3) is 0 Å². The van der Waals surface area contributed by atoms with E-state index in [0.717, 1.165) is 0 Å². The number of carboxylic acids is 1. The molecule has 0 spiro atoms. The SMILES string of the molecule is CCN1NC(C2=C=CC(C(C)(C)NS(=O)(=O)CC(F)(F)F)=CC=C2)C=C1OC1=CC(C)C(C(=O)O)C=C1. The highest BCUT2D eigenvalue weighted by Crippen LogP contribution is 2.29. The molecule has 0 aromatic heterocycles. The first-order valence-electron chi connectivity index (χ1n) is 11.6. The standard InChI is InChI=1S/C25H30F3N3O5S/c1-5-31-22(36-19-11-12-20(23(32)33)16(2)13-19)14-21(29-31)17-7-6-8-18(10-9-17)24(3,4)30-37(34,35)15-25(26,27)28/h6-8,10-14,16,20-21,29-30H,5,15H2,1-4H3,(H,32,33). The topological polar surface area (TPSA) is 108 Å². The molecule has 12 heteroatoms. The van der Waals surface area contributed by atoms with Gasteiger partial charge in [0.25, 0.3) is 0 Å². The highest BCUT2D eigenvalue weighted by molar-refractivity contribution is 7.89. The Morgan fingerprint density at radius 3 is 2.57 bits per heavy atom. The van der Waals surface area contributed by atoms with E-state index in [4.69, 9.17) is 4.74 Å². The second-order valence-electron chi connectivity index (χ2n) is 9.44. The molecule has 0 saturated heterocycles. The molecule has 3 aliphatic rings. The Morgan fingerprint density at radius 2 is 1.97 bits per heavy atom. The first-order valence-corrected chi connectivity index (χ1v) is 13.3. The predicted octanol–water partition coefficient (Wildman–Crippen LogP) is 3.68. The molecular formula is C25H30F3N3O5S. The number of hydrogen-bond donors (Lipinski definition) is 3. The highest BCUT2D eigenvalue weighted by Gasteiger charge is 2.38. The first-order chi connectivity index (χ1) is 17.1. The lowest BCUT2D eigenvalue weighted by Crippen LogP contribution is -2.47. The molecule has 3 unspecified atom stereocenters. The van der Waals surface area contributed by atoms with E-state index in [-0.39, 0.29) is 12.0 Å². The van der Waals surface area contributed by atoms with Gasteiger partial charge in [-0.2, -0.15) is 13.2 Å². The van der Waals surface area contributed by atoms with E-state index < -0.39 is 39.4 Å². The molecule has 2 aliphatic carbocycles. The zero-order valence-electron chi connectivity index (χ0n) is 20.8. The summed E-state index contributed by atoms with van der Waals surface area (Å²) in [6.07, 6.45) is 8.53. The van der Waals surface area contributed by atoms with Crippen LogP contribution in [0.1, 0.15) is 27.7 Å². The van der Waals surface area contributed by atoms with E-state index in [1.54, 1.807) is 48.4 Å². The third-order valence-corrected chi connectivity index (χ3v) is 7.45. The first kappa shape index (κ1) is 28.5. The van der Waals surface area contributed by atoms with Crippen LogP contribution in [-0.4, -0.2) is 54.6 Å². The average molecular weight is 542 g/mol. The summed E-state index contributed by atoms with van der Waals surface area (Å²) < 4.78 is 70.1. The molecule has 1 aliphatic heterocycles. The molecule has 0 bridgehead atoms. The number of allylic oxidation sites excluding steroid dienone is 4. The largest absolute Gasteiger partial charge is 0.481 e. The minimum absolute atomic E-state index is 0.241. The van der Waals surface area contributed by atoms with Gasteiger partial charge in [0.2, 0.25) is 15.9 Å². The van der Waals surface area contributed by atoms with E-state index in [9.17, 15) is 31.5 Å². The summed E-state index contributed by atoms with van der Waals surface area (Å²) in [5.74, 6) is -2.69. The minimum Gasteiger partial charge on any atom is -0.481 e. The van der Waals surface area contributed by atoms with Crippen molar-refractivity contribution >= 4 is 16.0 Å². The second kappa shape index (κ2) is 10.7. The Hall–Kier alpha value is -3.05. The lowest BCUT2D eigenvalue weighted by atomic mass is 9.89. The van der Waals surface area contributed by atoms with E-state index in [1.165, 1.54) is 19.9 Å². The maximum atomic E-state index is 12.6. The lowest BCUT2D eigenvalue weighted by molar-refractivity contribution is -0.141. The Balaban J connectivity index is 1.78. The third-order valence-electron chi connectivity index (χ3n) is 5.92. The molecule has 0 radical (unpaired) electrons. The van der Waals surface area contributed by atoms with Crippen molar-refractivity contribution in [3.05, 3.63) is 77.1 Å². The van der Waals surface area contributed by atoms with Gasteiger partial charge in [0.1, 0.15) is 5.76 Å². The van der Waals surface area contributed by atoms with Crippen LogP contribution in [0.4, 0.5) is 13.2 Å². The van der Waals surface area contributed by atoms with Crippen molar-refractivity contribution in [2.24, 2.45) is 11.8 Å². The molecule has 0 fully saturated rings. The second-order valence-corrected chi connectivity index (χ2v) is 11.2. The van der Waals surface area contributed by atoms with Crippen LogP contribution in [0.2, 0.25) is 0 Å². The van der Waals surface area contributed by atoms with Crippen molar-refractivity contribution in [1.29, 1.82) is 0 Å². The summed E-state index contributed by atoms with van der Waals surface area (Å²) in [5.41, 5.74) is 6.17. The summed E-state index contributed by atoms with van der Waals surface area (Å²) >= 11 is 0. The Labute approximate surface area is 214 Å². The van der Waals surface area contributed by atoms with Crippen LogP contribution in [0, 0.1) is 11.8 Å². The van der Waals surface area contributed by atoms with Gasteiger partial charge in [-0.15, -0.1) is 5.73 Å². The van der Waals surface area contributed by atoms with Crippen molar-refractivity contribution in [1.82, 2.24) is 15.2 Å². The molecule has 3 N–H and O–H groups in total. The molecule has 3 atom stereocenters. The van der Waals surface area contributed by atoms with Crippen molar-refractivity contribution < 1.29 is 36.2 Å². The molecule has 0 aromatic carbocycles. The van der Waals surface area contributed by atoms with Crippen LogP contribution in [0.5, 0.6) is 0 Å². The van der Waals surface area contributed by atoms with Gasteiger partial charge in [0.15, 0.2) is 5.75 Å². The van der Waals surface area contributed by atoms with Crippen LogP contribution in [-0.2, 0) is 19.6 Å². The zero-order valence-corrected chi connectivity index (χ0v) is 21.7. The van der Waals surface area contributed by atoms with E-state index in [2.05, 4.69) is 15.9 Å². The smallest absolute Gasteiger partial charge is 0.404 e. The summed E-state index contributed by atoms with van der Waals surface area (Å²) in [5, 5.41) is 11.1. The number of nitrogens with one attached hydrogen (secondary N) is 2. The van der Waals surface area contributed by atoms with Gasteiger partial charge in [-0.05, 0) is 56.6 Å². The maximum absolute atomic E-state index is 12.6. The van der Waals surface area contributed by atoms with E-state index in [0.29, 0.717) is 29.3 Å². The molecular weight excluding hydrogens is 511 g/mol. The van der Waals surface area contributed by atoms with Crippen LogP contribution >= 0.6 is 0 Å². The van der Waals surface area contributed by atoms with Crippen molar-refractivity contribution in [3.8, 4) is 0 Å². The number of hydrazine groups is 1. The van der Waals surface area contributed by atoms with Gasteiger partial charge >= 0.3 is 12.1 Å². The van der Waals surface area contributed by atoms with Crippen molar-refractivity contribution in [3.63, 3.8) is 0 Å². The fourth-order valence-electron chi connectivity index (χ4n) is 4.08. The number of carboxylic acid groups (broad SMARTS) is 1. The molecule has 0 amide bonds. The van der Waals surface area contributed by atoms with Crippen LogP contribution < -0.4 is 10.1 Å². The predicted molar refractivity (Wildman–Crippen MR) is 132 cm³/mol. The maximum Gasteiger partial charge on any atom is 0.404 e. The Kier molecular flexibility index (Phi) is 8.28. The average Bonchev–Trinajstić information content (AvgIpc) is 2.96. The van der Waals surface area contributed by atoms with Crippen molar-refractivity contribution in [2.45, 2.75) is 45.5 Å². The van der Waals surface area contributed by atoms with Crippen molar-refractivity contribution in [2.75, 3.05) is 12.3 Å². The van der Waals surface area contributed by atoms with Gasteiger partial charge in [-0.1, -0.05) is 25.2 Å². The molecule has 8 nitrogen and oxygen atoms in total. The number of aliphatic carboxylic acids is 1. The van der Waals surface area contributed by atoms with Gasteiger partial charge in [0, 0.05) is 18.2 Å². The number of rotatable bonds is 9. The molecule has 0 saturated carbocycles. The quantitative estimate of drug-likeness (QED) is 0.382. The highest BCUT2D eigenvalue weighted by atomic mass is 32.2. The van der Waals surface area contributed by atoms with Gasteiger partial charge < -0.3 is 9.84 Å². The van der Waals surface area contributed by atoms with Gasteiger partial charge in [0.05, 0.1) is 17.5 Å². The Morgan fingerprint density at radius 1 is 1.27 bits per heavy atom. The minimum atomic E-state index is -4.85. The number of carbonyl (C=O) groups is 1. The normalized spacial score (nSPS) is 24.3. The number of halogens is 3. The molecule has 3 rings (SSSR count). The van der Waals surface area contributed by atoms with Crippen LogP contribution in [0.3, 0.4) is 0 Å². The molecule has 37 heavy (non-hydrogen) atoms. The van der Waals surface area contributed by atoms with E-state index >= 15 is 0 Å². The van der Waals surface area contributed by atoms with Gasteiger partial charge in [-0.3, -0.25) is 9.80 Å². The lowest BCUT2D eigenvalue weighted by Gasteiger charge is -2.27. The fourth-order valence-corrected chi connectivity index (χ4v) is 5.48. The number of alkyl halides is 3. The molecule has 0 aromatic rings. The number of sulfonamides is 1. The zero-order chi connectivity index (χ0) is 27.6. The van der Waals surface area contributed by atoms with Crippen LogP contribution in [0.15, 0.2) is 77.1 Å². The summed E-state index contributed by atoms with van der Waals surface area (Å²) in [4.78, 5) is 11.3. The molecule has 202 valence electrons. The third kappa shape index (κ3) is 7.48. The summed E-state index contributed by atoms with van der Waals surface area (Å²) in [7, 11) is -4.61. The molecule has 1 heterocycles. The summed E-state index contributed by atoms with van der Waals surface area (Å²) in [6.45, 7) is 7.23. The Bertz CT molecular complexity index is 1250. The monoisotopic (exact) mass is 541 g/mol. The van der Waals surface area contributed by atoms with Gasteiger partial charge in [-0.25, -0.2) is 18.6 Å². The number of hydrogen-bond acceptors (Lipinski definition) is 6. The number of nitrogens with zero attached hydrogens (tertiary/aromatic N) is 1. The summed E-state index contributed by atoms with van der Waals surface area (Å²) in [6, 6.07) is -0.349.